The summed E-state index contributed by atoms with van der Waals surface area (Å²) in [4.78, 5) is 13.7. The second kappa shape index (κ2) is 5.08. The van der Waals surface area contributed by atoms with Crippen LogP contribution in [0.15, 0.2) is 6.07 Å². The Labute approximate surface area is 114 Å². The van der Waals surface area contributed by atoms with E-state index in [9.17, 15) is 18.0 Å². The molecule has 1 saturated heterocycles. The maximum absolute atomic E-state index is 12.7. The maximum atomic E-state index is 12.7. The van der Waals surface area contributed by atoms with Crippen LogP contribution in [-0.4, -0.2) is 45.9 Å². The second-order valence-corrected chi connectivity index (χ2v) is 5.00. The van der Waals surface area contributed by atoms with Gasteiger partial charge in [0.15, 0.2) is 5.69 Å². The van der Waals surface area contributed by atoms with Gasteiger partial charge in [0, 0.05) is 26.2 Å². The summed E-state index contributed by atoms with van der Waals surface area (Å²) in [6, 6.07) is 0.785. The summed E-state index contributed by atoms with van der Waals surface area (Å²) < 4.78 is 44.2. The van der Waals surface area contributed by atoms with Gasteiger partial charge in [0.05, 0.1) is 12.2 Å². The van der Waals surface area contributed by atoms with Crippen molar-refractivity contribution in [3.63, 3.8) is 0 Å². The number of aromatic nitrogens is 2. The van der Waals surface area contributed by atoms with Crippen molar-refractivity contribution in [3.05, 3.63) is 17.5 Å². The molecule has 0 radical (unpaired) electrons. The van der Waals surface area contributed by atoms with E-state index in [0.717, 1.165) is 6.07 Å². The van der Waals surface area contributed by atoms with E-state index in [1.807, 2.05) is 13.8 Å². The van der Waals surface area contributed by atoms with Crippen molar-refractivity contribution >= 4 is 5.91 Å². The lowest BCUT2D eigenvalue weighted by atomic mass is 10.2. The van der Waals surface area contributed by atoms with Gasteiger partial charge in [-0.25, -0.2) is 0 Å². The molecular formula is C12H16F3N3O2. The highest BCUT2D eigenvalue weighted by atomic mass is 19.4. The van der Waals surface area contributed by atoms with E-state index in [4.69, 9.17) is 4.74 Å². The van der Waals surface area contributed by atoms with Gasteiger partial charge in [0.2, 0.25) is 0 Å². The molecule has 0 spiro atoms. The Kier molecular flexibility index (Phi) is 3.77. The number of ether oxygens (including phenoxy) is 1. The lowest BCUT2D eigenvalue weighted by Gasteiger charge is -2.34. The smallest absolute Gasteiger partial charge is 0.372 e. The number of rotatable bonds is 1. The minimum Gasteiger partial charge on any atom is -0.372 e. The van der Waals surface area contributed by atoms with Crippen molar-refractivity contribution in [1.82, 2.24) is 14.7 Å². The predicted molar refractivity (Wildman–Crippen MR) is 64.1 cm³/mol. The fourth-order valence-corrected chi connectivity index (χ4v) is 2.34. The molecule has 0 aromatic carbocycles. The molecule has 112 valence electrons. The summed E-state index contributed by atoms with van der Waals surface area (Å²) in [5.74, 6) is -0.502. The summed E-state index contributed by atoms with van der Waals surface area (Å²) in [5, 5.41) is 3.67. The quantitative estimate of drug-likeness (QED) is 0.791. The molecule has 20 heavy (non-hydrogen) atoms. The minimum atomic E-state index is -4.52. The van der Waals surface area contributed by atoms with E-state index >= 15 is 0 Å². The van der Waals surface area contributed by atoms with E-state index in [2.05, 4.69) is 5.10 Å². The number of carbonyl (C=O) groups is 1. The number of halogens is 3. The molecule has 2 heterocycles. The third kappa shape index (κ3) is 2.95. The van der Waals surface area contributed by atoms with Crippen molar-refractivity contribution in [2.45, 2.75) is 32.2 Å². The Hall–Kier alpha value is -1.57. The standard InChI is InChI=1S/C12H16F3N3O2/c1-7-5-18(6-8(2)20-7)11(19)9-4-10(12(13,14)15)17(3)16-9/h4,7-8H,5-6H2,1-3H3/t7-,8-/m1/s1. The van der Waals surface area contributed by atoms with Crippen LogP contribution >= 0.6 is 0 Å². The fourth-order valence-electron chi connectivity index (χ4n) is 2.34. The first-order valence-corrected chi connectivity index (χ1v) is 6.24. The first-order chi connectivity index (χ1) is 9.18. The van der Waals surface area contributed by atoms with Gasteiger partial charge in [-0.15, -0.1) is 0 Å². The molecule has 1 fully saturated rings. The van der Waals surface area contributed by atoms with Crippen LogP contribution in [0.1, 0.15) is 30.0 Å². The average Bonchev–Trinajstić information content (AvgIpc) is 2.68. The maximum Gasteiger partial charge on any atom is 0.433 e. The van der Waals surface area contributed by atoms with Gasteiger partial charge < -0.3 is 9.64 Å². The topological polar surface area (TPSA) is 47.4 Å². The largest absolute Gasteiger partial charge is 0.433 e. The van der Waals surface area contributed by atoms with E-state index in [1.165, 1.54) is 11.9 Å². The zero-order valence-corrected chi connectivity index (χ0v) is 11.4. The van der Waals surface area contributed by atoms with E-state index in [1.54, 1.807) is 0 Å². The summed E-state index contributed by atoms with van der Waals surface area (Å²) >= 11 is 0. The third-order valence-electron chi connectivity index (χ3n) is 3.10. The lowest BCUT2D eigenvalue weighted by molar-refractivity contribution is -0.143. The number of amides is 1. The van der Waals surface area contributed by atoms with Crippen LogP contribution in [-0.2, 0) is 18.0 Å². The zero-order valence-electron chi connectivity index (χ0n) is 11.4. The zero-order chi connectivity index (χ0) is 15.1. The van der Waals surface area contributed by atoms with Crippen LogP contribution in [0.2, 0.25) is 0 Å². The minimum absolute atomic E-state index is 0.145. The fraction of sp³-hybridized carbons (Fsp3) is 0.667. The molecule has 2 atom stereocenters. The molecule has 1 aliphatic heterocycles. The molecule has 8 heteroatoms. The molecule has 0 N–H and O–H groups in total. The van der Waals surface area contributed by atoms with Gasteiger partial charge in [-0.05, 0) is 13.8 Å². The Morgan fingerprint density at radius 2 is 1.90 bits per heavy atom. The van der Waals surface area contributed by atoms with Crippen LogP contribution in [0, 0.1) is 0 Å². The Morgan fingerprint density at radius 3 is 2.35 bits per heavy atom. The van der Waals surface area contributed by atoms with Crippen LogP contribution in [0.4, 0.5) is 13.2 Å². The van der Waals surface area contributed by atoms with Crippen LogP contribution in [0.25, 0.3) is 0 Å². The number of alkyl halides is 3. The third-order valence-corrected chi connectivity index (χ3v) is 3.10. The van der Waals surface area contributed by atoms with E-state index in [0.29, 0.717) is 17.8 Å². The van der Waals surface area contributed by atoms with Gasteiger partial charge in [0.25, 0.3) is 5.91 Å². The molecule has 0 aliphatic carbocycles. The highest BCUT2D eigenvalue weighted by Gasteiger charge is 2.37. The van der Waals surface area contributed by atoms with Gasteiger partial charge in [-0.3, -0.25) is 9.48 Å². The monoisotopic (exact) mass is 291 g/mol. The first kappa shape index (κ1) is 14.8. The molecule has 1 aromatic heterocycles. The number of aryl methyl sites for hydroxylation is 1. The SMILES string of the molecule is C[C@@H]1CN(C(=O)c2cc(C(F)(F)F)n(C)n2)C[C@@H](C)O1. The highest BCUT2D eigenvalue weighted by Crippen LogP contribution is 2.29. The number of hydrogen-bond acceptors (Lipinski definition) is 3. The number of morpholine rings is 1. The van der Waals surface area contributed by atoms with Gasteiger partial charge in [-0.1, -0.05) is 0 Å². The number of hydrogen-bond donors (Lipinski definition) is 0. The van der Waals surface area contributed by atoms with Gasteiger partial charge >= 0.3 is 6.18 Å². The number of nitrogens with zero attached hydrogens (tertiary/aromatic N) is 3. The first-order valence-electron chi connectivity index (χ1n) is 6.24. The summed E-state index contributed by atoms with van der Waals surface area (Å²) in [7, 11) is 1.17. The Balaban J connectivity index is 2.21. The van der Waals surface area contributed by atoms with Gasteiger partial charge in [0.1, 0.15) is 5.69 Å². The van der Waals surface area contributed by atoms with Crippen LogP contribution < -0.4 is 0 Å². The molecule has 1 aliphatic rings. The molecule has 1 amide bonds. The molecule has 1 aromatic rings. The van der Waals surface area contributed by atoms with Crippen LogP contribution in [0.5, 0.6) is 0 Å². The summed E-state index contributed by atoms with van der Waals surface area (Å²) in [6.45, 7) is 4.33. The van der Waals surface area contributed by atoms with Crippen molar-refractivity contribution < 1.29 is 22.7 Å². The summed E-state index contributed by atoms with van der Waals surface area (Å²) in [6.07, 6.45) is -4.81. The molecule has 5 nitrogen and oxygen atoms in total. The molecule has 0 saturated carbocycles. The van der Waals surface area contributed by atoms with Crippen molar-refractivity contribution in [2.24, 2.45) is 7.05 Å². The average molecular weight is 291 g/mol. The van der Waals surface area contributed by atoms with Crippen molar-refractivity contribution in [1.29, 1.82) is 0 Å². The highest BCUT2D eigenvalue weighted by molar-refractivity contribution is 5.92. The van der Waals surface area contributed by atoms with Crippen LogP contribution in [0.3, 0.4) is 0 Å². The Morgan fingerprint density at radius 1 is 1.35 bits per heavy atom. The molecule has 0 unspecified atom stereocenters. The van der Waals surface area contributed by atoms with Crippen molar-refractivity contribution in [3.8, 4) is 0 Å². The van der Waals surface area contributed by atoms with E-state index in [-0.39, 0.29) is 17.9 Å². The second-order valence-electron chi connectivity index (χ2n) is 5.00. The molecule has 0 bridgehead atoms. The lowest BCUT2D eigenvalue weighted by Crippen LogP contribution is -2.48. The molecular weight excluding hydrogens is 275 g/mol. The van der Waals surface area contributed by atoms with Gasteiger partial charge in [-0.2, -0.15) is 18.3 Å². The Bertz CT molecular complexity index is 503. The van der Waals surface area contributed by atoms with Crippen molar-refractivity contribution in [2.75, 3.05) is 13.1 Å². The summed E-state index contributed by atoms with van der Waals surface area (Å²) in [5.41, 5.74) is -1.13. The normalized spacial score (nSPS) is 24.0. The van der Waals surface area contributed by atoms with E-state index < -0.39 is 17.8 Å². The molecule has 2 rings (SSSR count). The number of carbonyl (C=O) groups excluding carboxylic acids is 1. The predicted octanol–water partition coefficient (Wildman–Crippen LogP) is 1.69.